The predicted molar refractivity (Wildman–Crippen MR) is 82.5 cm³/mol. The number of amides is 2. The first kappa shape index (κ1) is 15.4. The summed E-state index contributed by atoms with van der Waals surface area (Å²) in [6.45, 7) is 2.67. The smallest absolute Gasteiger partial charge is 0.322 e. The summed E-state index contributed by atoms with van der Waals surface area (Å²) in [5.41, 5.74) is 6.26. The molecule has 0 bridgehead atoms. The molecule has 0 aromatic heterocycles. The maximum absolute atomic E-state index is 12.3. The van der Waals surface area contributed by atoms with Gasteiger partial charge >= 0.3 is 6.03 Å². The van der Waals surface area contributed by atoms with Crippen molar-refractivity contribution < 1.29 is 4.79 Å². The first-order chi connectivity index (χ1) is 9.51. The molecular formula is C13H18Cl2N4O. The van der Waals surface area contributed by atoms with Crippen LogP contribution in [0.5, 0.6) is 0 Å². The topological polar surface area (TPSA) is 61.6 Å². The second-order valence-electron chi connectivity index (χ2n) is 4.90. The zero-order valence-corrected chi connectivity index (χ0v) is 12.8. The molecule has 2 rings (SSSR count). The first-order valence-corrected chi connectivity index (χ1v) is 7.18. The van der Waals surface area contributed by atoms with E-state index in [1.54, 1.807) is 23.1 Å². The van der Waals surface area contributed by atoms with Gasteiger partial charge in [-0.1, -0.05) is 23.2 Å². The van der Waals surface area contributed by atoms with Crippen LogP contribution in [-0.4, -0.2) is 55.1 Å². The van der Waals surface area contributed by atoms with Gasteiger partial charge in [-0.3, -0.25) is 0 Å². The van der Waals surface area contributed by atoms with E-state index < -0.39 is 0 Å². The average molecular weight is 317 g/mol. The minimum absolute atomic E-state index is 0.00621. The molecule has 1 heterocycles. The number of urea groups is 1. The third-order valence-electron chi connectivity index (χ3n) is 3.39. The lowest BCUT2D eigenvalue weighted by Gasteiger charge is -2.39. The largest absolute Gasteiger partial charge is 0.328 e. The lowest BCUT2D eigenvalue weighted by atomic mass is 10.2. The van der Waals surface area contributed by atoms with Gasteiger partial charge in [0.15, 0.2) is 0 Å². The van der Waals surface area contributed by atoms with Crippen LogP contribution in [0, 0.1) is 0 Å². The summed E-state index contributed by atoms with van der Waals surface area (Å²) in [6, 6.07) is 4.78. The fourth-order valence-electron chi connectivity index (χ4n) is 2.26. The normalized spacial score (nSPS) is 20.0. The van der Waals surface area contributed by atoms with Crippen LogP contribution in [0.25, 0.3) is 0 Å². The van der Waals surface area contributed by atoms with Crippen LogP contribution in [0.2, 0.25) is 10.0 Å². The van der Waals surface area contributed by atoms with E-state index >= 15 is 0 Å². The minimum Gasteiger partial charge on any atom is -0.328 e. The number of halogens is 2. The molecule has 0 spiro atoms. The molecule has 1 aromatic rings. The summed E-state index contributed by atoms with van der Waals surface area (Å²) in [5, 5.41) is 3.78. The van der Waals surface area contributed by atoms with Crippen LogP contribution in [-0.2, 0) is 0 Å². The van der Waals surface area contributed by atoms with Crippen LogP contribution in [0.1, 0.15) is 0 Å². The van der Waals surface area contributed by atoms with E-state index in [4.69, 9.17) is 28.9 Å². The van der Waals surface area contributed by atoms with Crippen LogP contribution in [0.3, 0.4) is 0 Å². The first-order valence-electron chi connectivity index (χ1n) is 6.42. The number of hydrogen-bond acceptors (Lipinski definition) is 3. The number of carbonyl (C=O) groups is 1. The Balaban J connectivity index is 2.09. The second kappa shape index (κ2) is 6.63. The summed E-state index contributed by atoms with van der Waals surface area (Å²) in [4.78, 5) is 16.3. The molecule has 0 aliphatic carbocycles. The molecule has 1 unspecified atom stereocenters. The molecule has 1 aliphatic rings. The average Bonchev–Trinajstić information content (AvgIpc) is 2.42. The molecule has 0 radical (unpaired) electrons. The lowest BCUT2D eigenvalue weighted by Crippen LogP contribution is -2.57. The number of piperazine rings is 1. The van der Waals surface area contributed by atoms with E-state index in [9.17, 15) is 4.79 Å². The van der Waals surface area contributed by atoms with E-state index in [0.717, 1.165) is 13.1 Å². The van der Waals surface area contributed by atoms with Gasteiger partial charge in [-0.05, 0) is 25.2 Å². The molecule has 1 fully saturated rings. The fourth-order valence-corrected chi connectivity index (χ4v) is 2.60. The molecule has 1 saturated heterocycles. The summed E-state index contributed by atoms with van der Waals surface area (Å²) in [6.07, 6.45) is 0. The standard InChI is InChI=1S/C13H18Cl2N4O/c1-18-4-5-19(10(7-16)8-18)13(20)17-12-6-9(14)2-3-11(12)15/h2-3,6,10H,4-5,7-8,16H2,1H3,(H,17,20). The van der Waals surface area contributed by atoms with E-state index in [2.05, 4.69) is 10.2 Å². The third-order valence-corrected chi connectivity index (χ3v) is 3.95. The van der Waals surface area contributed by atoms with Crippen molar-refractivity contribution in [3.05, 3.63) is 28.2 Å². The van der Waals surface area contributed by atoms with Crippen LogP contribution >= 0.6 is 23.2 Å². The van der Waals surface area contributed by atoms with Gasteiger partial charge in [0.1, 0.15) is 0 Å². The Bertz CT molecular complexity index is 497. The highest BCUT2D eigenvalue weighted by Crippen LogP contribution is 2.26. The zero-order valence-electron chi connectivity index (χ0n) is 11.3. The molecule has 1 aliphatic heterocycles. The Labute approximate surface area is 128 Å². The molecular weight excluding hydrogens is 299 g/mol. The quantitative estimate of drug-likeness (QED) is 0.878. The van der Waals surface area contributed by atoms with Crippen molar-refractivity contribution in [1.29, 1.82) is 0 Å². The number of anilines is 1. The number of nitrogens with zero attached hydrogens (tertiary/aromatic N) is 2. The van der Waals surface area contributed by atoms with Crippen molar-refractivity contribution in [3.63, 3.8) is 0 Å². The number of likely N-dealkylation sites (N-methyl/N-ethyl adjacent to an activating group) is 1. The van der Waals surface area contributed by atoms with Gasteiger partial charge in [0.2, 0.25) is 0 Å². The van der Waals surface area contributed by atoms with E-state index in [-0.39, 0.29) is 12.1 Å². The van der Waals surface area contributed by atoms with Gasteiger partial charge in [0.25, 0.3) is 0 Å². The Morgan fingerprint density at radius 3 is 2.90 bits per heavy atom. The number of carbonyl (C=O) groups excluding carboxylic acids is 1. The zero-order chi connectivity index (χ0) is 14.7. The van der Waals surface area contributed by atoms with Crippen molar-refractivity contribution in [2.45, 2.75) is 6.04 Å². The van der Waals surface area contributed by atoms with Crippen molar-refractivity contribution in [2.24, 2.45) is 5.73 Å². The Morgan fingerprint density at radius 1 is 1.45 bits per heavy atom. The molecule has 20 heavy (non-hydrogen) atoms. The van der Waals surface area contributed by atoms with Gasteiger partial charge in [-0.2, -0.15) is 0 Å². The number of nitrogens with two attached hydrogens (primary N) is 1. The highest BCUT2D eigenvalue weighted by Gasteiger charge is 2.28. The van der Waals surface area contributed by atoms with Crippen molar-refractivity contribution in [3.8, 4) is 0 Å². The Hall–Kier alpha value is -1.01. The minimum atomic E-state index is -0.197. The van der Waals surface area contributed by atoms with Gasteiger partial charge in [-0.25, -0.2) is 4.79 Å². The third kappa shape index (κ3) is 3.55. The van der Waals surface area contributed by atoms with Crippen molar-refractivity contribution >= 4 is 34.9 Å². The van der Waals surface area contributed by atoms with Gasteiger partial charge in [-0.15, -0.1) is 0 Å². The van der Waals surface area contributed by atoms with Gasteiger partial charge in [0.05, 0.1) is 16.8 Å². The molecule has 1 atom stereocenters. The Morgan fingerprint density at radius 2 is 2.20 bits per heavy atom. The Kier molecular flexibility index (Phi) is 5.10. The molecule has 5 nitrogen and oxygen atoms in total. The SMILES string of the molecule is CN1CCN(C(=O)Nc2cc(Cl)ccc2Cl)C(CN)C1. The summed E-state index contributed by atoms with van der Waals surface area (Å²) in [7, 11) is 2.02. The molecule has 0 saturated carbocycles. The van der Waals surface area contributed by atoms with Crippen LogP contribution in [0.4, 0.5) is 10.5 Å². The number of hydrogen-bond donors (Lipinski definition) is 2. The molecule has 110 valence electrons. The van der Waals surface area contributed by atoms with E-state index in [0.29, 0.717) is 28.8 Å². The number of rotatable bonds is 2. The summed E-state index contributed by atoms with van der Waals surface area (Å²) >= 11 is 12.0. The maximum atomic E-state index is 12.3. The summed E-state index contributed by atoms with van der Waals surface area (Å²) in [5.74, 6) is 0. The molecule has 7 heteroatoms. The van der Waals surface area contributed by atoms with Crippen LogP contribution < -0.4 is 11.1 Å². The monoisotopic (exact) mass is 316 g/mol. The predicted octanol–water partition coefficient (Wildman–Crippen LogP) is 2.10. The van der Waals surface area contributed by atoms with E-state index in [1.807, 2.05) is 7.05 Å². The second-order valence-corrected chi connectivity index (χ2v) is 5.74. The number of benzene rings is 1. The highest BCUT2D eigenvalue weighted by molar-refractivity contribution is 6.35. The van der Waals surface area contributed by atoms with Crippen molar-refractivity contribution in [2.75, 3.05) is 38.5 Å². The fraction of sp³-hybridized carbons (Fsp3) is 0.462. The van der Waals surface area contributed by atoms with Crippen LogP contribution in [0.15, 0.2) is 18.2 Å². The van der Waals surface area contributed by atoms with Gasteiger partial charge < -0.3 is 20.9 Å². The van der Waals surface area contributed by atoms with Gasteiger partial charge in [0, 0.05) is 31.2 Å². The highest BCUT2D eigenvalue weighted by atomic mass is 35.5. The molecule has 2 amide bonds. The lowest BCUT2D eigenvalue weighted by molar-refractivity contribution is 0.120. The maximum Gasteiger partial charge on any atom is 0.322 e. The number of nitrogens with one attached hydrogen (secondary N) is 1. The van der Waals surface area contributed by atoms with E-state index in [1.165, 1.54) is 0 Å². The summed E-state index contributed by atoms with van der Waals surface area (Å²) < 4.78 is 0. The molecule has 3 N–H and O–H groups in total. The molecule has 1 aromatic carbocycles. The van der Waals surface area contributed by atoms with Crippen molar-refractivity contribution in [1.82, 2.24) is 9.80 Å².